The van der Waals surface area contributed by atoms with E-state index in [-0.39, 0.29) is 11.9 Å². The number of carbonyl (C=O) groups is 1. The van der Waals surface area contributed by atoms with Gasteiger partial charge in [0.25, 0.3) is 5.91 Å². The first-order chi connectivity index (χ1) is 11.1. The molecule has 3 rings (SSSR count). The van der Waals surface area contributed by atoms with Gasteiger partial charge in [-0.05, 0) is 31.0 Å². The summed E-state index contributed by atoms with van der Waals surface area (Å²) >= 11 is 0. The van der Waals surface area contributed by atoms with Gasteiger partial charge in [0.05, 0.1) is 6.20 Å². The lowest BCUT2D eigenvalue weighted by molar-refractivity contribution is 0.102. The van der Waals surface area contributed by atoms with Crippen molar-refractivity contribution < 1.29 is 9.21 Å². The maximum atomic E-state index is 12.3. The number of nitrogens with zero attached hydrogens (tertiary/aromatic N) is 1. The number of rotatable bonds is 4. The van der Waals surface area contributed by atoms with E-state index in [0.717, 1.165) is 16.7 Å². The Balaban J connectivity index is 1.70. The van der Waals surface area contributed by atoms with Crippen molar-refractivity contribution in [1.29, 1.82) is 0 Å². The number of hydrogen-bond acceptors (Lipinski definition) is 3. The second kappa shape index (κ2) is 6.48. The van der Waals surface area contributed by atoms with Gasteiger partial charge in [-0.25, -0.2) is 4.98 Å². The molecule has 1 heterocycles. The van der Waals surface area contributed by atoms with E-state index >= 15 is 0 Å². The number of benzene rings is 2. The van der Waals surface area contributed by atoms with Crippen LogP contribution in [0, 0.1) is 13.8 Å². The third-order valence-corrected chi connectivity index (χ3v) is 3.62. The Labute approximate surface area is 135 Å². The van der Waals surface area contributed by atoms with E-state index in [1.165, 1.54) is 0 Å². The van der Waals surface area contributed by atoms with Gasteiger partial charge >= 0.3 is 6.01 Å². The van der Waals surface area contributed by atoms with Gasteiger partial charge in [0.15, 0.2) is 0 Å². The number of carbonyl (C=O) groups excluding carboxylic acids is 1. The first-order valence-electron chi connectivity index (χ1n) is 7.49. The fourth-order valence-corrected chi connectivity index (χ4v) is 2.48. The van der Waals surface area contributed by atoms with Gasteiger partial charge in [0.2, 0.25) is 0 Å². The number of aryl methyl sites for hydroxylation is 2. The SMILES string of the molecule is Cc1ccc(C(=O)Nc2ncc(Cc3ccccc3)o2)c(C)c1. The molecule has 0 spiro atoms. The molecule has 0 radical (unpaired) electrons. The lowest BCUT2D eigenvalue weighted by Gasteiger charge is -2.05. The molecule has 2 aromatic carbocycles. The smallest absolute Gasteiger partial charge is 0.301 e. The summed E-state index contributed by atoms with van der Waals surface area (Å²) in [6.07, 6.45) is 2.29. The largest absolute Gasteiger partial charge is 0.428 e. The molecule has 4 nitrogen and oxygen atoms in total. The van der Waals surface area contributed by atoms with Crippen molar-refractivity contribution in [2.75, 3.05) is 5.32 Å². The summed E-state index contributed by atoms with van der Waals surface area (Å²) < 4.78 is 5.60. The molecule has 116 valence electrons. The van der Waals surface area contributed by atoms with Crippen LogP contribution in [0.1, 0.15) is 32.8 Å². The third kappa shape index (κ3) is 3.66. The minimum atomic E-state index is -0.212. The molecule has 4 heteroatoms. The number of nitrogens with one attached hydrogen (secondary N) is 1. The van der Waals surface area contributed by atoms with Crippen LogP contribution in [-0.4, -0.2) is 10.9 Å². The highest BCUT2D eigenvalue weighted by molar-refractivity contribution is 6.04. The van der Waals surface area contributed by atoms with E-state index in [2.05, 4.69) is 10.3 Å². The van der Waals surface area contributed by atoms with Gasteiger partial charge in [-0.1, -0.05) is 48.0 Å². The fraction of sp³-hybridized carbons (Fsp3) is 0.158. The van der Waals surface area contributed by atoms with Crippen molar-refractivity contribution in [3.05, 3.63) is 82.7 Å². The van der Waals surface area contributed by atoms with E-state index in [1.54, 1.807) is 6.20 Å². The molecule has 23 heavy (non-hydrogen) atoms. The van der Waals surface area contributed by atoms with Crippen LogP contribution < -0.4 is 5.32 Å². The zero-order chi connectivity index (χ0) is 16.2. The second-order valence-corrected chi connectivity index (χ2v) is 5.57. The molecule has 0 bridgehead atoms. The average Bonchev–Trinajstić information content (AvgIpc) is 2.95. The summed E-state index contributed by atoms with van der Waals surface area (Å²) in [4.78, 5) is 16.4. The summed E-state index contributed by atoms with van der Waals surface area (Å²) in [6.45, 7) is 3.91. The maximum Gasteiger partial charge on any atom is 0.301 e. The monoisotopic (exact) mass is 306 g/mol. The highest BCUT2D eigenvalue weighted by Crippen LogP contribution is 2.16. The quantitative estimate of drug-likeness (QED) is 0.788. The summed E-state index contributed by atoms with van der Waals surface area (Å²) in [5, 5.41) is 2.71. The number of oxazole rings is 1. The average molecular weight is 306 g/mol. The lowest BCUT2D eigenvalue weighted by Crippen LogP contribution is -2.13. The fourth-order valence-electron chi connectivity index (χ4n) is 2.48. The minimum Gasteiger partial charge on any atom is -0.428 e. The van der Waals surface area contributed by atoms with Crippen LogP contribution in [0.3, 0.4) is 0 Å². The standard InChI is InChI=1S/C19H18N2O2/c1-13-8-9-17(14(2)10-13)18(22)21-19-20-12-16(23-19)11-15-6-4-3-5-7-15/h3-10,12H,11H2,1-2H3,(H,20,21,22). The molecule has 1 N–H and O–H groups in total. The topological polar surface area (TPSA) is 55.1 Å². The van der Waals surface area contributed by atoms with Crippen molar-refractivity contribution in [2.45, 2.75) is 20.3 Å². The summed E-state index contributed by atoms with van der Waals surface area (Å²) in [5.41, 5.74) is 3.81. The molecular weight excluding hydrogens is 288 g/mol. The molecule has 0 saturated carbocycles. The Kier molecular flexibility index (Phi) is 4.24. The Hall–Kier alpha value is -2.88. The Morgan fingerprint density at radius 3 is 2.65 bits per heavy atom. The highest BCUT2D eigenvalue weighted by atomic mass is 16.4. The maximum absolute atomic E-state index is 12.3. The van der Waals surface area contributed by atoms with Crippen LogP contribution in [0.2, 0.25) is 0 Å². The molecule has 0 atom stereocenters. The van der Waals surface area contributed by atoms with Crippen molar-refractivity contribution in [1.82, 2.24) is 4.98 Å². The molecule has 0 aliphatic carbocycles. The Morgan fingerprint density at radius 1 is 1.13 bits per heavy atom. The predicted octanol–water partition coefficient (Wildman–Crippen LogP) is 4.13. The second-order valence-electron chi connectivity index (χ2n) is 5.57. The molecule has 1 amide bonds. The normalized spacial score (nSPS) is 10.5. The van der Waals surface area contributed by atoms with Crippen molar-refractivity contribution in [2.24, 2.45) is 0 Å². The summed E-state index contributed by atoms with van der Waals surface area (Å²) in [6, 6.07) is 15.9. The molecule has 0 aliphatic rings. The zero-order valence-corrected chi connectivity index (χ0v) is 13.2. The van der Waals surface area contributed by atoms with Crippen molar-refractivity contribution in [3.63, 3.8) is 0 Å². The van der Waals surface area contributed by atoms with Crippen LogP contribution in [0.5, 0.6) is 0 Å². The first kappa shape index (κ1) is 15.0. The minimum absolute atomic E-state index is 0.212. The van der Waals surface area contributed by atoms with Crippen LogP contribution >= 0.6 is 0 Å². The van der Waals surface area contributed by atoms with Crippen molar-refractivity contribution in [3.8, 4) is 0 Å². The molecule has 0 aliphatic heterocycles. The van der Waals surface area contributed by atoms with E-state index in [9.17, 15) is 4.79 Å². The number of anilines is 1. The van der Waals surface area contributed by atoms with E-state index in [1.807, 2.05) is 62.4 Å². The molecular formula is C19H18N2O2. The Morgan fingerprint density at radius 2 is 1.91 bits per heavy atom. The Bertz CT molecular complexity index is 822. The predicted molar refractivity (Wildman–Crippen MR) is 89.6 cm³/mol. The molecule has 3 aromatic rings. The van der Waals surface area contributed by atoms with Gasteiger partial charge < -0.3 is 4.42 Å². The van der Waals surface area contributed by atoms with Crippen LogP contribution in [0.15, 0.2) is 59.1 Å². The summed E-state index contributed by atoms with van der Waals surface area (Å²) in [7, 11) is 0. The van der Waals surface area contributed by atoms with Gasteiger partial charge in [-0.15, -0.1) is 0 Å². The summed E-state index contributed by atoms with van der Waals surface area (Å²) in [5.74, 6) is 0.503. The molecule has 0 saturated heterocycles. The molecule has 0 unspecified atom stereocenters. The third-order valence-electron chi connectivity index (χ3n) is 3.62. The number of hydrogen-bond donors (Lipinski definition) is 1. The van der Waals surface area contributed by atoms with Crippen molar-refractivity contribution >= 4 is 11.9 Å². The van der Waals surface area contributed by atoms with Crippen LogP contribution in [0.25, 0.3) is 0 Å². The zero-order valence-electron chi connectivity index (χ0n) is 13.2. The highest BCUT2D eigenvalue weighted by Gasteiger charge is 2.12. The van der Waals surface area contributed by atoms with Gasteiger partial charge in [0.1, 0.15) is 5.76 Å². The lowest BCUT2D eigenvalue weighted by atomic mass is 10.1. The first-order valence-corrected chi connectivity index (χ1v) is 7.49. The van der Waals surface area contributed by atoms with E-state index < -0.39 is 0 Å². The van der Waals surface area contributed by atoms with Gasteiger partial charge in [0, 0.05) is 12.0 Å². The number of amides is 1. The molecule has 0 fully saturated rings. The molecule has 1 aromatic heterocycles. The van der Waals surface area contributed by atoms with Gasteiger partial charge in [-0.3, -0.25) is 10.1 Å². The number of aromatic nitrogens is 1. The van der Waals surface area contributed by atoms with E-state index in [0.29, 0.717) is 17.7 Å². The van der Waals surface area contributed by atoms with Crippen LogP contribution in [-0.2, 0) is 6.42 Å². The van der Waals surface area contributed by atoms with Crippen LogP contribution in [0.4, 0.5) is 6.01 Å². The van der Waals surface area contributed by atoms with Gasteiger partial charge in [-0.2, -0.15) is 0 Å². The van der Waals surface area contributed by atoms with E-state index in [4.69, 9.17) is 4.42 Å².